The minimum Gasteiger partial charge on any atom is -0.316 e. The molecular weight excluding hydrogens is 248 g/mol. The Morgan fingerprint density at radius 3 is 2.75 bits per heavy atom. The van der Waals surface area contributed by atoms with Crippen molar-refractivity contribution in [2.24, 2.45) is 11.8 Å². The molecule has 0 aromatic carbocycles. The summed E-state index contributed by atoms with van der Waals surface area (Å²) in [5.74, 6) is 2.77. The van der Waals surface area contributed by atoms with Crippen molar-refractivity contribution in [3.05, 3.63) is 12.2 Å². The van der Waals surface area contributed by atoms with Crippen LogP contribution in [0.3, 0.4) is 0 Å². The van der Waals surface area contributed by atoms with E-state index >= 15 is 0 Å². The summed E-state index contributed by atoms with van der Waals surface area (Å²) in [6, 6.07) is 0. The standard InChI is InChI=1S/C16H30N4/c1-3-10-17-12-15-9-7-5-6-8-14(15)11-16-18-13-19-20(16)4-2/h13-15,17H,3-12H2,1-2H3. The van der Waals surface area contributed by atoms with Crippen LogP contribution in [0.25, 0.3) is 0 Å². The van der Waals surface area contributed by atoms with E-state index in [0.717, 1.165) is 31.3 Å². The van der Waals surface area contributed by atoms with E-state index in [0.29, 0.717) is 0 Å². The lowest BCUT2D eigenvalue weighted by Gasteiger charge is -2.25. The molecule has 2 rings (SSSR count). The highest BCUT2D eigenvalue weighted by Gasteiger charge is 2.25. The summed E-state index contributed by atoms with van der Waals surface area (Å²) >= 11 is 0. The maximum atomic E-state index is 4.47. The SMILES string of the molecule is CCCNCC1CCCCCC1Cc1ncnn1CC. The number of nitrogens with zero attached hydrogens (tertiary/aromatic N) is 3. The van der Waals surface area contributed by atoms with E-state index in [1.54, 1.807) is 6.33 Å². The van der Waals surface area contributed by atoms with Crippen LogP contribution in [0.2, 0.25) is 0 Å². The van der Waals surface area contributed by atoms with Crippen molar-refractivity contribution in [1.29, 1.82) is 0 Å². The van der Waals surface area contributed by atoms with Crippen LogP contribution in [0.15, 0.2) is 6.33 Å². The first-order valence-electron chi connectivity index (χ1n) is 8.42. The maximum absolute atomic E-state index is 4.47. The number of hydrogen-bond acceptors (Lipinski definition) is 3. The van der Waals surface area contributed by atoms with Crippen molar-refractivity contribution in [1.82, 2.24) is 20.1 Å². The average molecular weight is 278 g/mol. The van der Waals surface area contributed by atoms with Crippen LogP contribution < -0.4 is 5.32 Å². The van der Waals surface area contributed by atoms with Gasteiger partial charge in [-0.2, -0.15) is 5.10 Å². The van der Waals surface area contributed by atoms with Gasteiger partial charge in [-0.1, -0.05) is 26.2 Å². The van der Waals surface area contributed by atoms with Crippen LogP contribution in [0.1, 0.15) is 58.2 Å². The Hall–Kier alpha value is -0.900. The molecule has 1 heterocycles. The van der Waals surface area contributed by atoms with Crippen molar-refractivity contribution in [2.75, 3.05) is 13.1 Å². The molecule has 20 heavy (non-hydrogen) atoms. The highest BCUT2D eigenvalue weighted by Crippen LogP contribution is 2.30. The summed E-state index contributed by atoms with van der Waals surface area (Å²) in [6.45, 7) is 7.64. The van der Waals surface area contributed by atoms with Crippen molar-refractivity contribution >= 4 is 0 Å². The van der Waals surface area contributed by atoms with Crippen LogP contribution in [-0.4, -0.2) is 27.9 Å². The third kappa shape index (κ3) is 4.30. The third-order valence-electron chi connectivity index (χ3n) is 4.59. The molecular formula is C16H30N4. The Bertz CT molecular complexity index is 374. The van der Waals surface area contributed by atoms with Gasteiger partial charge in [-0.25, -0.2) is 4.98 Å². The molecule has 4 nitrogen and oxygen atoms in total. The van der Waals surface area contributed by atoms with E-state index in [1.165, 1.54) is 50.9 Å². The molecule has 0 aliphatic heterocycles. The average Bonchev–Trinajstić information content (AvgIpc) is 2.79. The van der Waals surface area contributed by atoms with Crippen LogP contribution in [0.4, 0.5) is 0 Å². The van der Waals surface area contributed by atoms with Gasteiger partial charge >= 0.3 is 0 Å². The lowest BCUT2D eigenvalue weighted by Crippen LogP contribution is -2.30. The number of hydrogen-bond donors (Lipinski definition) is 1. The number of aryl methyl sites for hydroxylation is 1. The molecule has 0 saturated heterocycles. The highest BCUT2D eigenvalue weighted by atomic mass is 15.3. The van der Waals surface area contributed by atoms with Gasteiger partial charge in [-0.15, -0.1) is 0 Å². The largest absolute Gasteiger partial charge is 0.316 e. The van der Waals surface area contributed by atoms with Crippen LogP contribution in [0, 0.1) is 11.8 Å². The smallest absolute Gasteiger partial charge is 0.138 e. The first-order valence-corrected chi connectivity index (χ1v) is 8.42. The molecule has 1 aliphatic carbocycles. The Balaban J connectivity index is 1.96. The fraction of sp³-hybridized carbons (Fsp3) is 0.875. The Morgan fingerprint density at radius 2 is 2.00 bits per heavy atom. The van der Waals surface area contributed by atoms with Gasteiger partial charge in [0.05, 0.1) is 0 Å². The monoisotopic (exact) mass is 278 g/mol. The lowest BCUT2D eigenvalue weighted by atomic mass is 9.85. The predicted octanol–water partition coefficient (Wildman–Crippen LogP) is 3.04. The van der Waals surface area contributed by atoms with Gasteiger partial charge in [-0.05, 0) is 51.1 Å². The number of nitrogens with one attached hydrogen (secondary N) is 1. The molecule has 2 atom stereocenters. The lowest BCUT2D eigenvalue weighted by molar-refractivity contribution is 0.290. The van der Waals surface area contributed by atoms with E-state index in [1.807, 2.05) is 0 Å². The number of rotatable bonds is 7. The summed E-state index contributed by atoms with van der Waals surface area (Å²) in [5, 5.41) is 7.94. The van der Waals surface area contributed by atoms with Gasteiger partial charge in [0.25, 0.3) is 0 Å². The summed E-state index contributed by atoms with van der Waals surface area (Å²) in [6.07, 6.45) is 11.0. The molecule has 4 heteroatoms. The van der Waals surface area contributed by atoms with Crippen LogP contribution >= 0.6 is 0 Å². The van der Waals surface area contributed by atoms with Gasteiger partial charge in [-0.3, -0.25) is 4.68 Å². The van der Waals surface area contributed by atoms with Crippen molar-refractivity contribution < 1.29 is 0 Å². The van der Waals surface area contributed by atoms with Crippen LogP contribution in [-0.2, 0) is 13.0 Å². The quantitative estimate of drug-likeness (QED) is 0.616. The van der Waals surface area contributed by atoms with E-state index in [9.17, 15) is 0 Å². The molecule has 1 aromatic heterocycles. The van der Waals surface area contributed by atoms with Crippen molar-refractivity contribution in [3.63, 3.8) is 0 Å². The zero-order valence-electron chi connectivity index (χ0n) is 13.1. The zero-order valence-corrected chi connectivity index (χ0v) is 13.1. The van der Waals surface area contributed by atoms with E-state index in [-0.39, 0.29) is 0 Å². The maximum Gasteiger partial charge on any atom is 0.138 e. The van der Waals surface area contributed by atoms with E-state index < -0.39 is 0 Å². The molecule has 2 unspecified atom stereocenters. The van der Waals surface area contributed by atoms with Gasteiger partial charge in [0.2, 0.25) is 0 Å². The van der Waals surface area contributed by atoms with Gasteiger partial charge < -0.3 is 5.32 Å². The summed E-state index contributed by atoms with van der Waals surface area (Å²) < 4.78 is 2.06. The zero-order chi connectivity index (χ0) is 14.2. The van der Waals surface area contributed by atoms with Gasteiger partial charge in [0.1, 0.15) is 12.2 Å². The fourth-order valence-corrected chi connectivity index (χ4v) is 3.41. The molecule has 1 aromatic rings. The summed E-state index contributed by atoms with van der Waals surface area (Å²) in [7, 11) is 0. The molecule has 0 amide bonds. The van der Waals surface area contributed by atoms with Gasteiger partial charge in [0, 0.05) is 13.0 Å². The second-order valence-electron chi connectivity index (χ2n) is 6.06. The minimum absolute atomic E-state index is 0.774. The van der Waals surface area contributed by atoms with Crippen LogP contribution in [0.5, 0.6) is 0 Å². The highest BCUT2D eigenvalue weighted by molar-refractivity contribution is 4.90. The fourth-order valence-electron chi connectivity index (χ4n) is 3.41. The first kappa shape index (κ1) is 15.5. The third-order valence-corrected chi connectivity index (χ3v) is 4.59. The first-order chi connectivity index (χ1) is 9.85. The summed E-state index contributed by atoms with van der Waals surface area (Å²) in [4.78, 5) is 4.47. The Kier molecular flexibility index (Phi) is 6.51. The minimum atomic E-state index is 0.774. The molecule has 0 spiro atoms. The normalized spacial score (nSPS) is 23.7. The molecule has 1 saturated carbocycles. The van der Waals surface area contributed by atoms with E-state index in [2.05, 4.69) is 33.9 Å². The topological polar surface area (TPSA) is 42.7 Å². The predicted molar refractivity (Wildman–Crippen MR) is 82.6 cm³/mol. The molecule has 114 valence electrons. The van der Waals surface area contributed by atoms with Gasteiger partial charge in [0.15, 0.2) is 0 Å². The molecule has 0 bridgehead atoms. The van der Waals surface area contributed by atoms with Crippen molar-refractivity contribution in [3.8, 4) is 0 Å². The molecule has 1 aliphatic rings. The Morgan fingerprint density at radius 1 is 1.20 bits per heavy atom. The second-order valence-corrected chi connectivity index (χ2v) is 6.06. The number of aromatic nitrogens is 3. The Labute approximate surface area is 123 Å². The summed E-state index contributed by atoms with van der Waals surface area (Å²) in [5.41, 5.74) is 0. The molecule has 0 radical (unpaired) electrons. The second kappa shape index (κ2) is 8.40. The van der Waals surface area contributed by atoms with E-state index in [4.69, 9.17) is 0 Å². The molecule has 1 N–H and O–H groups in total. The molecule has 1 fully saturated rings. The van der Waals surface area contributed by atoms with Crippen molar-refractivity contribution in [2.45, 2.75) is 65.3 Å².